The molecule has 0 aliphatic rings. The van der Waals surface area contributed by atoms with Crippen molar-refractivity contribution in [1.82, 2.24) is 4.98 Å². The van der Waals surface area contributed by atoms with Crippen molar-refractivity contribution in [2.24, 2.45) is 5.73 Å². The lowest BCUT2D eigenvalue weighted by Gasteiger charge is -2.05. The van der Waals surface area contributed by atoms with Crippen molar-refractivity contribution < 1.29 is 19.2 Å². The van der Waals surface area contributed by atoms with Crippen molar-refractivity contribution in [2.45, 2.75) is 13.0 Å². The Morgan fingerprint density at radius 3 is 2.71 bits per heavy atom. The number of methoxy groups -OCH3 is 1. The summed E-state index contributed by atoms with van der Waals surface area (Å²) < 4.78 is 4.61. The highest BCUT2D eigenvalue weighted by Crippen LogP contribution is 2.26. The normalized spacial score (nSPS) is 11.3. The first-order valence-corrected chi connectivity index (χ1v) is 6.79. The molecule has 0 amide bonds. The molecule has 122 valence electrons. The van der Waals surface area contributed by atoms with Crippen molar-refractivity contribution in [3.8, 4) is 11.8 Å². The van der Waals surface area contributed by atoms with Crippen LogP contribution in [0.2, 0.25) is 0 Å². The number of Topliss-reactive ketones (excluding diaryl/α,β-unsaturated/α-hetero) is 1. The molecular weight excluding hydrogens is 314 g/mol. The van der Waals surface area contributed by atoms with Crippen LogP contribution < -0.4 is 5.73 Å². The molecule has 2 N–H and O–H groups in total. The number of carbonyl (C=O) groups excluding carboxylic acids is 2. The van der Waals surface area contributed by atoms with E-state index >= 15 is 0 Å². The molecule has 0 aliphatic carbocycles. The molecule has 0 aliphatic heterocycles. The van der Waals surface area contributed by atoms with Gasteiger partial charge in [0.05, 0.1) is 12.0 Å². The molecule has 2 rings (SSSR count). The van der Waals surface area contributed by atoms with Crippen LogP contribution in [-0.4, -0.2) is 34.8 Å². The molecule has 24 heavy (non-hydrogen) atoms. The fourth-order valence-corrected chi connectivity index (χ4v) is 1.95. The maximum absolute atomic E-state index is 11.8. The van der Waals surface area contributed by atoms with E-state index in [1.54, 1.807) is 6.07 Å². The predicted octanol–water partition coefficient (Wildman–Crippen LogP) is 1.20. The van der Waals surface area contributed by atoms with E-state index in [2.05, 4.69) is 21.6 Å². The van der Waals surface area contributed by atoms with Crippen molar-refractivity contribution >= 4 is 28.3 Å². The number of pyridine rings is 1. The summed E-state index contributed by atoms with van der Waals surface area (Å²) in [4.78, 5) is 37.5. The first-order chi connectivity index (χ1) is 11.3. The highest BCUT2D eigenvalue weighted by molar-refractivity contribution is 5.97. The zero-order chi connectivity index (χ0) is 17.9. The summed E-state index contributed by atoms with van der Waals surface area (Å²) in [5, 5.41) is 11.6. The zero-order valence-electron chi connectivity index (χ0n) is 12.9. The van der Waals surface area contributed by atoms with Gasteiger partial charge in [-0.2, -0.15) is 0 Å². The molecule has 0 fully saturated rings. The Labute approximate surface area is 136 Å². The number of nitro groups is 1. The van der Waals surface area contributed by atoms with Gasteiger partial charge in [-0.15, -0.1) is 0 Å². The summed E-state index contributed by atoms with van der Waals surface area (Å²) in [6.45, 7) is 1.30. The number of para-hydroxylation sites is 1. The lowest BCUT2D eigenvalue weighted by Crippen LogP contribution is -2.26. The maximum atomic E-state index is 11.8. The number of ketones is 1. The fraction of sp³-hybridized carbons (Fsp3) is 0.188. The molecule has 1 aromatic carbocycles. The summed E-state index contributed by atoms with van der Waals surface area (Å²) >= 11 is 0. The van der Waals surface area contributed by atoms with E-state index in [-0.39, 0.29) is 22.7 Å². The van der Waals surface area contributed by atoms with Crippen molar-refractivity contribution in [3.05, 3.63) is 45.6 Å². The molecular formula is C16H13N3O5. The van der Waals surface area contributed by atoms with Gasteiger partial charge in [0.1, 0.15) is 11.6 Å². The minimum Gasteiger partial charge on any atom is -0.464 e. The third-order valence-corrected chi connectivity index (χ3v) is 3.21. The monoisotopic (exact) mass is 327 g/mol. The number of benzene rings is 1. The van der Waals surface area contributed by atoms with Crippen LogP contribution in [0.3, 0.4) is 0 Å². The Morgan fingerprint density at radius 1 is 1.42 bits per heavy atom. The number of esters is 1. The van der Waals surface area contributed by atoms with E-state index in [1.807, 2.05) is 0 Å². The van der Waals surface area contributed by atoms with Crippen molar-refractivity contribution in [3.63, 3.8) is 0 Å². The minimum absolute atomic E-state index is 0.00564. The quantitative estimate of drug-likeness (QED) is 0.388. The molecule has 8 nitrogen and oxygen atoms in total. The predicted molar refractivity (Wildman–Crippen MR) is 85.3 cm³/mol. The summed E-state index contributed by atoms with van der Waals surface area (Å²) in [6, 6.07) is 4.69. The third kappa shape index (κ3) is 3.37. The molecule has 1 heterocycles. The van der Waals surface area contributed by atoms with Gasteiger partial charge in [0, 0.05) is 17.0 Å². The summed E-state index contributed by atoms with van der Waals surface area (Å²) in [5.41, 5.74) is 5.48. The highest BCUT2D eigenvalue weighted by atomic mass is 16.6. The van der Waals surface area contributed by atoms with Gasteiger partial charge in [-0.3, -0.25) is 14.9 Å². The van der Waals surface area contributed by atoms with Crippen LogP contribution in [0.5, 0.6) is 0 Å². The molecule has 8 heteroatoms. The Bertz CT molecular complexity index is 911. The van der Waals surface area contributed by atoms with Crippen molar-refractivity contribution in [1.29, 1.82) is 0 Å². The standard InChI is InChI=1S/C16H13N3O5/c1-9(20)12(17)7-6-10-8-13(16(21)24-2)18-15-11(10)4-3-5-14(15)19(22)23/h3-5,8,12H,17H2,1-2H3. The Hall–Kier alpha value is -3.31. The number of non-ortho nitro benzene ring substituents is 1. The van der Waals surface area contributed by atoms with Crippen LogP contribution in [0.4, 0.5) is 5.69 Å². The van der Waals surface area contributed by atoms with Crippen molar-refractivity contribution in [2.75, 3.05) is 7.11 Å². The van der Waals surface area contributed by atoms with E-state index < -0.39 is 16.9 Å². The molecule has 1 atom stereocenters. The number of nitrogens with two attached hydrogens (primary N) is 1. The van der Waals surface area contributed by atoms with E-state index in [4.69, 9.17) is 5.73 Å². The molecule has 0 saturated carbocycles. The maximum Gasteiger partial charge on any atom is 0.356 e. The second-order valence-corrected chi connectivity index (χ2v) is 4.83. The lowest BCUT2D eigenvalue weighted by molar-refractivity contribution is -0.383. The highest BCUT2D eigenvalue weighted by Gasteiger charge is 2.19. The van der Waals surface area contributed by atoms with E-state index in [0.717, 1.165) is 0 Å². The minimum atomic E-state index is -0.992. The van der Waals surface area contributed by atoms with E-state index in [0.29, 0.717) is 10.9 Å². The number of nitrogens with zero attached hydrogens (tertiary/aromatic N) is 2. The number of hydrogen-bond acceptors (Lipinski definition) is 7. The molecule has 1 unspecified atom stereocenters. The molecule has 2 aromatic rings. The Kier molecular flexibility index (Phi) is 4.87. The number of hydrogen-bond donors (Lipinski definition) is 1. The van der Waals surface area contributed by atoms with Gasteiger partial charge in [0.25, 0.3) is 5.69 Å². The number of rotatable bonds is 3. The average molecular weight is 327 g/mol. The smallest absolute Gasteiger partial charge is 0.356 e. The average Bonchev–Trinajstić information content (AvgIpc) is 2.57. The first-order valence-electron chi connectivity index (χ1n) is 6.79. The van der Waals surface area contributed by atoms with Crippen LogP contribution in [0.15, 0.2) is 24.3 Å². The molecule has 1 aromatic heterocycles. The Balaban J connectivity index is 2.77. The summed E-state index contributed by atoms with van der Waals surface area (Å²) in [6.07, 6.45) is 0. The van der Waals surface area contributed by atoms with Gasteiger partial charge < -0.3 is 10.5 Å². The fourth-order valence-electron chi connectivity index (χ4n) is 1.95. The first kappa shape index (κ1) is 17.1. The van der Waals surface area contributed by atoms with Gasteiger partial charge in [0.15, 0.2) is 11.5 Å². The largest absolute Gasteiger partial charge is 0.464 e. The second kappa shape index (κ2) is 6.85. The second-order valence-electron chi connectivity index (χ2n) is 4.83. The van der Waals surface area contributed by atoms with Gasteiger partial charge in [-0.05, 0) is 13.0 Å². The van der Waals surface area contributed by atoms with Crippen LogP contribution in [0, 0.1) is 22.0 Å². The van der Waals surface area contributed by atoms with Gasteiger partial charge in [-0.25, -0.2) is 9.78 Å². The molecule has 0 spiro atoms. The summed E-state index contributed by atoms with van der Waals surface area (Å²) in [5.74, 6) is 4.16. The zero-order valence-corrected chi connectivity index (χ0v) is 12.9. The Morgan fingerprint density at radius 2 is 2.12 bits per heavy atom. The number of nitro benzene ring substituents is 1. The molecule has 0 radical (unpaired) electrons. The SMILES string of the molecule is COC(=O)c1cc(C#CC(N)C(C)=O)c2cccc([N+](=O)[O-])c2n1. The summed E-state index contributed by atoms with van der Waals surface area (Å²) in [7, 11) is 1.17. The molecule has 0 saturated heterocycles. The number of fused-ring (bicyclic) bond motifs is 1. The van der Waals surface area contributed by atoms with E-state index in [9.17, 15) is 19.7 Å². The molecule has 0 bridgehead atoms. The topological polar surface area (TPSA) is 125 Å². The van der Waals surface area contributed by atoms with Crippen LogP contribution >= 0.6 is 0 Å². The van der Waals surface area contributed by atoms with Gasteiger partial charge in [0.2, 0.25) is 0 Å². The van der Waals surface area contributed by atoms with Crippen LogP contribution in [-0.2, 0) is 9.53 Å². The number of aromatic nitrogens is 1. The van der Waals surface area contributed by atoms with E-state index in [1.165, 1.54) is 32.2 Å². The van der Waals surface area contributed by atoms with Gasteiger partial charge >= 0.3 is 5.97 Å². The number of carbonyl (C=O) groups is 2. The van der Waals surface area contributed by atoms with Crippen LogP contribution in [0.1, 0.15) is 23.0 Å². The van der Waals surface area contributed by atoms with Crippen LogP contribution in [0.25, 0.3) is 10.9 Å². The lowest BCUT2D eigenvalue weighted by atomic mass is 10.1. The third-order valence-electron chi connectivity index (χ3n) is 3.21. The number of ether oxygens (including phenoxy) is 1. The van der Waals surface area contributed by atoms with Gasteiger partial charge in [-0.1, -0.05) is 24.0 Å².